The van der Waals surface area contributed by atoms with Gasteiger partial charge in [0.25, 0.3) is 0 Å². The van der Waals surface area contributed by atoms with Crippen LogP contribution in [0.3, 0.4) is 0 Å². The van der Waals surface area contributed by atoms with Crippen molar-refractivity contribution in [3.8, 4) is 0 Å². The number of carbonyl (C=O) groups is 4. The lowest BCUT2D eigenvalue weighted by Crippen LogP contribution is -2.48. The number of carboxylic acids is 1. The first-order valence-corrected chi connectivity index (χ1v) is 9.27. The Morgan fingerprint density at radius 2 is 1.72 bits per heavy atom. The molecule has 2 atom stereocenters. The lowest BCUT2D eigenvalue weighted by atomic mass is 10.1. The van der Waals surface area contributed by atoms with E-state index in [2.05, 4.69) is 35.9 Å². The van der Waals surface area contributed by atoms with E-state index in [1.807, 2.05) is 0 Å². The van der Waals surface area contributed by atoms with Crippen molar-refractivity contribution in [1.29, 1.82) is 0 Å². The molecular weight excluding hydrogens is 366 g/mol. The highest BCUT2D eigenvalue weighted by Gasteiger charge is 2.21. The number of carbonyl (C=O) groups excluding carboxylic acids is 3. The molecule has 8 nitrogen and oxygen atoms in total. The van der Waals surface area contributed by atoms with E-state index >= 15 is 0 Å². The first-order valence-electron chi connectivity index (χ1n) is 8.12. The number of hydrogen-bond donors (Lipinski definition) is 6. The van der Waals surface area contributed by atoms with Gasteiger partial charge in [-0.25, -0.2) is 0 Å². The zero-order chi connectivity index (χ0) is 19.2. The summed E-state index contributed by atoms with van der Waals surface area (Å²) in [7, 11) is 0. The minimum Gasteiger partial charge on any atom is -0.480 e. The van der Waals surface area contributed by atoms with E-state index in [0.29, 0.717) is 6.42 Å². The van der Waals surface area contributed by atoms with Crippen molar-refractivity contribution in [3.05, 3.63) is 0 Å². The van der Waals surface area contributed by atoms with E-state index in [0.717, 1.165) is 25.0 Å². The molecule has 0 saturated carbocycles. The molecule has 0 aromatic carbocycles. The minimum atomic E-state index is -1.20. The monoisotopic (exact) mass is 393 g/mol. The van der Waals surface area contributed by atoms with Crippen LogP contribution in [0.15, 0.2) is 0 Å². The molecule has 0 aromatic heterocycles. The third-order valence-corrected chi connectivity index (χ3v) is 4.17. The van der Waals surface area contributed by atoms with E-state index in [9.17, 15) is 19.2 Å². The summed E-state index contributed by atoms with van der Waals surface area (Å²) >= 11 is 8.55. The summed E-state index contributed by atoms with van der Waals surface area (Å²) in [6, 6.07) is -0.985. The predicted octanol–water partition coefficient (Wildman–Crippen LogP) is 0.116. The Kier molecular flexibility index (Phi) is 13.0. The zero-order valence-electron chi connectivity index (χ0n) is 14.1. The largest absolute Gasteiger partial charge is 0.480 e. The van der Waals surface area contributed by atoms with Crippen LogP contribution in [0.25, 0.3) is 0 Å². The van der Waals surface area contributed by atoms with Crippen LogP contribution in [-0.4, -0.2) is 52.4 Å². The van der Waals surface area contributed by atoms with Gasteiger partial charge < -0.3 is 21.5 Å². The van der Waals surface area contributed by atoms with Gasteiger partial charge in [0, 0.05) is 18.1 Å². The zero-order valence-corrected chi connectivity index (χ0v) is 15.9. The van der Waals surface area contributed by atoms with Crippen LogP contribution in [0.5, 0.6) is 0 Å². The van der Waals surface area contributed by atoms with Crippen molar-refractivity contribution in [1.82, 2.24) is 10.6 Å². The Hall–Kier alpha value is -1.42. The van der Waals surface area contributed by atoms with Crippen molar-refractivity contribution in [2.45, 2.75) is 56.2 Å². The second-order valence-electron chi connectivity index (χ2n) is 5.65. The Balaban J connectivity index is 4.32. The van der Waals surface area contributed by atoms with Crippen LogP contribution in [0.2, 0.25) is 0 Å². The fraction of sp³-hybridized carbons (Fsp3) is 0.733. The second-order valence-corrected chi connectivity index (χ2v) is 6.83. The summed E-state index contributed by atoms with van der Waals surface area (Å²) in [5.41, 5.74) is 5.05. The summed E-state index contributed by atoms with van der Waals surface area (Å²) in [6.07, 6.45) is 3.42. The van der Waals surface area contributed by atoms with Crippen LogP contribution < -0.4 is 16.4 Å². The summed E-state index contributed by atoms with van der Waals surface area (Å²) in [5, 5.41) is 13.5. The molecule has 0 radical (unpaired) electrons. The highest BCUT2D eigenvalue weighted by molar-refractivity contribution is 7.81. The standard InChI is InChI=1S/C15H27N3O5S2/c16-12(19)6-5-11(15(23)17-9-14(21)22)18-13(20)4-2-1-3-10(25)7-8-24/h10-11,24-25H,1-9H2,(H2,16,19)(H,17,23)(H,18,20)(H,21,22). The molecule has 0 saturated heterocycles. The molecule has 2 unspecified atom stereocenters. The molecular formula is C15H27N3O5S2. The highest BCUT2D eigenvalue weighted by atomic mass is 32.1. The number of hydrogen-bond acceptors (Lipinski definition) is 6. The topological polar surface area (TPSA) is 139 Å². The quantitative estimate of drug-likeness (QED) is 0.184. The highest BCUT2D eigenvalue weighted by Crippen LogP contribution is 2.12. The summed E-state index contributed by atoms with van der Waals surface area (Å²) in [5.74, 6) is -2.02. The number of unbranched alkanes of at least 4 members (excludes halogenated alkanes) is 1. The van der Waals surface area contributed by atoms with Gasteiger partial charge in [-0.15, -0.1) is 0 Å². The third-order valence-electron chi connectivity index (χ3n) is 3.40. The van der Waals surface area contributed by atoms with E-state index in [-0.39, 0.29) is 30.4 Å². The maximum atomic E-state index is 12.0. The number of thiol groups is 2. The van der Waals surface area contributed by atoms with Gasteiger partial charge in [-0.3, -0.25) is 19.2 Å². The number of primary amides is 1. The third kappa shape index (κ3) is 13.5. The van der Waals surface area contributed by atoms with Crippen LogP contribution in [-0.2, 0) is 19.2 Å². The first-order chi connectivity index (χ1) is 11.8. The van der Waals surface area contributed by atoms with Crippen LogP contribution in [0.4, 0.5) is 0 Å². The van der Waals surface area contributed by atoms with Crippen LogP contribution >= 0.6 is 25.3 Å². The van der Waals surface area contributed by atoms with Crippen molar-refractivity contribution in [2.24, 2.45) is 5.73 Å². The fourth-order valence-electron chi connectivity index (χ4n) is 2.07. The predicted molar refractivity (Wildman–Crippen MR) is 101 cm³/mol. The molecule has 0 fully saturated rings. The molecule has 0 heterocycles. The summed E-state index contributed by atoms with van der Waals surface area (Å²) in [6.45, 7) is -0.559. The van der Waals surface area contributed by atoms with E-state index in [1.165, 1.54) is 0 Å². The molecule has 0 aliphatic heterocycles. The molecule has 0 bridgehead atoms. The average Bonchev–Trinajstić information content (AvgIpc) is 2.53. The first kappa shape index (κ1) is 23.6. The number of aliphatic carboxylic acids is 1. The molecule has 144 valence electrons. The SMILES string of the molecule is NC(=O)CCC(NC(=O)CCCCC(S)CCS)C(=O)NCC(=O)O. The van der Waals surface area contributed by atoms with Gasteiger partial charge in [0.05, 0.1) is 0 Å². The maximum Gasteiger partial charge on any atom is 0.322 e. The van der Waals surface area contributed by atoms with Crippen molar-refractivity contribution >= 4 is 48.9 Å². The lowest BCUT2D eigenvalue weighted by molar-refractivity contribution is -0.138. The summed E-state index contributed by atoms with van der Waals surface area (Å²) in [4.78, 5) is 45.3. The maximum absolute atomic E-state index is 12.0. The minimum absolute atomic E-state index is 0.0210. The molecule has 10 heteroatoms. The van der Waals surface area contributed by atoms with Gasteiger partial charge in [-0.2, -0.15) is 25.3 Å². The van der Waals surface area contributed by atoms with Crippen molar-refractivity contribution in [3.63, 3.8) is 0 Å². The molecule has 5 N–H and O–H groups in total. The van der Waals surface area contributed by atoms with E-state index < -0.39 is 30.4 Å². The Labute approximate surface area is 158 Å². The number of amides is 3. The molecule has 0 aliphatic rings. The van der Waals surface area contributed by atoms with Gasteiger partial charge in [-0.05, 0) is 31.4 Å². The summed E-state index contributed by atoms with van der Waals surface area (Å²) < 4.78 is 0. The van der Waals surface area contributed by atoms with Gasteiger partial charge in [0.1, 0.15) is 12.6 Å². The Bertz CT molecular complexity index is 462. The number of nitrogens with one attached hydrogen (secondary N) is 2. The average molecular weight is 394 g/mol. The number of carboxylic acid groups (broad SMARTS) is 1. The molecule has 25 heavy (non-hydrogen) atoms. The van der Waals surface area contributed by atoms with Gasteiger partial charge in [0.15, 0.2) is 0 Å². The van der Waals surface area contributed by atoms with Crippen molar-refractivity contribution < 1.29 is 24.3 Å². The van der Waals surface area contributed by atoms with Crippen molar-refractivity contribution in [2.75, 3.05) is 12.3 Å². The molecule has 0 spiro atoms. The molecule has 0 aliphatic carbocycles. The normalized spacial score (nSPS) is 12.9. The van der Waals surface area contributed by atoms with Gasteiger partial charge in [-0.1, -0.05) is 6.42 Å². The smallest absolute Gasteiger partial charge is 0.322 e. The second kappa shape index (κ2) is 13.8. The Morgan fingerprint density at radius 1 is 1.04 bits per heavy atom. The van der Waals surface area contributed by atoms with E-state index in [4.69, 9.17) is 10.8 Å². The molecule has 0 rings (SSSR count). The lowest BCUT2D eigenvalue weighted by Gasteiger charge is -2.17. The fourth-order valence-corrected chi connectivity index (χ4v) is 2.89. The van der Waals surface area contributed by atoms with Crippen LogP contribution in [0.1, 0.15) is 44.9 Å². The number of rotatable bonds is 14. The van der Waals surface area contributed by atoms with Crippen LogP contribution in [0, 0.1) is 0 Å². The number of nitrogens with two attached hydrogens (primary N) is 1. The molecule has 0 aromatic rings. The van der Waals surface area contributed by atoms with Gasteiger partial charge in [0.2, 0.25) is 17.7 Å². The Morgan fingerprint density at radius 3 is 2.28 bits per heavy atom. The van der Waals surface area contributed by atoms with Gasteiger partial charge >= 0.3 is 5.97 Å². The van der Waals surface area contributed by atoms with E-state index in [1.54, 1.807) is 0 Å². The molecule has 3 amide bonds.